The second kappa shape index (κ2) is 8.21. The van der Waals surface area contributed by atoms with E-state index in [1.165, 1.54) is 7.11 Å². The molecule has 0 unspecified atom stereocenters. The minimum Gasteiger partial charge on any atom is -0.493 e. The lowest BCUT2D eigenvalue weighted by Gasteiger charge is -2.08. The molecular weight excluding hydrogens is 332 g/mol. The fourth-order valence-corrected chi connectivity index (χ4v) is 2.09. The number of methoxy groups -OCH3 is 2. The maximum Gasteiger partial charge on any atom is 0.339 e. The van der Waals surface area contributed by atoms with Gasteiger partial charge in [-0.3, -0.25) is 0 Å². The average molecular weight is 349 g/mol. The number of rotatable bonds is 6. The Morgan fingerprint density at radius 2 is 1.75 bits per heavy atom. The number of oxime groups is 1. The molecule has 2 N–H and O–H groups in total. The van der Waals surface area contributed by atoms with Crippen molar-refractivity contribution in [3.8, 4) is 11.5 Å². The lowest BCUT2D eigenvalue weighted by molar-refractivity contribution is -0.142. The van der Waals surface area contributed by atoms with Crippen LogP contribution in [0, 0.1) is 0 Å². The first-order valence-corrected chi connectivity index (χ1v) is 7.41. The van der Waals surface area contributed by atoms with Gasteiger partial charge in [0.05, 0.1) is 20.6 Å². The number of halogens is 1. The summed E-state index contributed by atoms with van der Waals surface area (Å²) in [5, 5.41) is 4.22. The molecule has 0 amide bonds. The van der Waals surface area contributed by atoms with Crippen molar-refractivity contribution in [1.29, 1.82) is 0 Å². The van der Waals surface area contributed by atoms with Gasteiger partial charge < -0.3 is 20.0 Å². The van der Waals surface area contributed by atoms with Crippen molar-refractivity contribution in [1.82, 2.24) is 0 Å². The summed E-state index contributed by atoms with van der Waals surface area (Å²) in [4.78, 5) is 16.7. The zero-order valence-electron chi connectivity index (χ0n) is 13.3. The van der Waals surface area contributed by atoms with Crippen LogP contribution in [0.25, 0.3) is 0 Å². The van der Waals surface area contributed by atoms with Gasteiger partial charge in [0.15, 0.2) is 17.3 Å². The first kappa shape index (κ1) is 17.6. The fourth-order valence-electron chi connectivity index (χ4n) is 1.96. The smallest absolute Gasteiger partial charge is 0.339 e. The molecule has 0 atom stereocenters. The highest BCUT2D eigenvalue weighted by atomic mass is 35.5. The third kappa shape index (κ3) is 4.63. The Hall–Kier alpha value is -2.73. The molecule has 0 aliphatic rings. The molecule has 24 heavy (non-hydrogen) atoms. The predicted molar refractivity (Wildman–Crippen MR) is 91.5 cm³/mol. The van der Waals surface area contributed by atoms with Crippen LogP contribution in [-0.4, -0.2) is 26.0 Å². The van der Waals surface area contributed by atoms with Gasteiger partial charge in [-0.2, -0.15) is 0 Å². The Kier molecular flexibility index (Phi) is 6.03. The van der Waals surface area contributed by atoms with E-state index in [1.807, 2.05) is 0 Å². The first-order valence-electron chi connectivity index (χ1n) is 7.03. The summed E-state index contributed by atoms with van der Waals surface area (Å²) in [6.07, 6.45) is 0.0255. The summed E-state index contributed by atoms with van der Waals surface area (Å²) in [6, 6.07) is 11.9. The number of ether oxygens (including phenoxy) is 2. The van der Waals surface area contributed by atoms with E-state index < -0.39 is 5.97 Å². The number of carbonyl (C=O) groups is 1. The summed E-state index contributed by atoms with van der Waals surface area (Å²) in [5.74, 6) is 0.665. The number of amidine groups is 1. The van der Waals surface area contributed by atoms with E-state index in [0.717, 1.165) is 0 Å². The number of hydrogen-bond donors (Lipinski definition) is 1. The summed E-state index contributed by atoms with van der Waals surface area (Å²) >= 11 is 5.80. The van der Waals surface area contributed by atoms with Gasteiger partial charge >= 0.3 is 5.97 Å². The summed E-state index contributed by atoms with van der Waals surface area (Å²) in [6.45, 7) is 0. The molecule has 0 saturated carbocycles. The molecule has 0 aliphatic heterocycles. The normalized spacial score (nSPS) is 11.0. The molecule has 0 aliphatic carbocycles. The Bertz CT molecular complexity index is 745. The molecule has 0 saturated heterocycles. The van der Waals surface area contributed by atoms with Gasteiger partial charge in [0.25, 0.3) is 0 Å². The molecule has 126 valence electrons. The topological polar surface area (TPSA) is 83.1 Å². The lowest BCUT2D eigenvalue weighted by Crippen LogP contribution is -2.15. The van der Waals surface area contributed by atoms with Crippen molar-refractivity contribution in [2.24, 2.45) is 10.9 Å². The molecule has 0 aromatic heterocycles. The highest BCUT2D eigenvalue weighted by Gasteiger charge is 2.10. The van der Waals surface area contributed by atoms with E-state index in [9.17, 15) is 4.79 Å². The molecule has 0 radical (unpaired) electrons. The third-order valence-corrected chi connectivity index (χ3v) is 3.43. The molecule has 6 nitrogen and oxygen atoms in total. The maximum atomic E-state index is 11.9. The van der Waals surface area contributed by atoms with E-state index in [0.29, 0.717) is 27.6 Å². The van der Waals surface area contributed by atoms with Crippen molar-refractivity contribution in [2.75, 3.05) is 14.2 Å². The van der Waals surface area contributed by atoms with E-state index in [-0.39, 0.29) is 12.3 Å². The van der Waals surface area contributed by atoms with Gasteiger partial charge in [0.2, 0.25) is 0 Å². The zero-order chi connectivity index (χ0) is 17.5. The van der Waals surface area contributed by atoms with Crippen LogP contribution in [0.15, 0.2) is 47.6 Å². The van der Waals surface area contributed by atoms with Gasteiger partial charge in [-0.25, -0.2) is 4.79 Å². The lowest BCUT2D eigenvalue weighted by atomic mass is 10.1. The van der Waals surface area contributed by atoms with Crippen molar-refractivity contribution >= 4 is 23.4 Å². The van der Waals surface area contributed by atoms with E-state index in [4.69, 9.17) is 31.6 Å². The van der Waals surface area contributed by atoms with Crippen LogP contribution in [0.2, 0.25) is 5.02 Å². The largest absolute Gasteiger partial charge is 0.493 e. The van der Waals surface area contributed by atoms with Crippen molar-refractivity contribution in [2.45, 2.75) is 6.42 Å². The maximum absolute atomic E-state index is 11.9. The van der Waals surface area contributed by atoms with Gasteiger partial charge in [-0.15, -0.1) is 0 Å². The summed E-state index contributed by atoms with van der Waals surface area (Å²) in [5.41, 5.74) is 7.08. The van der Waals surface area contributed by atoms with Crippen molar-refractivity contribution in [3.63, 3.8) is 0 Å². The van der Waals surface area contributed by atoms with Crippen molar-refractivity contribution in [3.05, 3.63) is 58.6 Å². The Balaban J connectivity index is 2.00. The Labute approximate surface area is 144 Å². The van der Waals surface area contributed by atoms with Crippen LogP contribution in [0.3, 0.4) is 0 Å². The quantitative estimate of drug-likeness (QED) is 0.375. The first-order chi connectivity index (χ1) is 11.5. The Morgan fingerprint density at radius 1 is 1.08 bits per heavy atom. The number of hydrogen-bond acceptors (Lipinski definition) is 5. The second-order valence-corrected chi connectivity index (χ2v) is 5.25. The predicted octanol–water partition coefficient (Wildman–Crippen LogP) is 2.76. The van der Waals surface area contributed by atoms with Crippen LogP contribution < -0.4 is 15.2 Å². The van der Waals surface area contributed by atoms with E-state index >= 15 is 0 Å². The van der Waals surface area contributed by atoms with Crippen LogP contribution >= 0.6 is 11.6 Å². The number of carbonyl (C=O) groups excluding carboxylic acids is 1. The van der Waals surface area contributed by atoms with Gasteiger partial charge in [0.1, 0.15) is 0 Å². The molecular formula is C17H17ClN2O4. The SMILES string of the molecule is COc1ccc(CC(=O)O/N=C(/N)c2ccc(Cl)cc2)cc1OC. The average Bonchev–Trinajstić information content (AvgIpc) is 2.60. The molecule has 0 heterocycles. The second-order valence-electron chi connectivity index (χ2n) is 4.81. The van der Waals surface area contributed by atoms with E-state index in [1.54, 1.807) is 49.6 Å². The van der Waals surface area contributed by atoms with Crippen molar-refractivity contribution < 1.29 is 19.1 Å². The molecule has 0 fully saturated rings. The van der Waals surface area contributed by atoms with Crippen LogP contribution in [0.5, 0.6) is 11.5 Å². The van der Waals surface area contributed by atoms with Crippen LogP contribution in [-0.2, 0) is 16.1 Å². The highest BCUT2D eigenvalue weighted by Crippen LogP contribution is 2.27. The monoisotopic (exact) mass is 348 g/mol. The molecule has 0 spiro atoms. The minimum absolute atomic E-state index is 0.0255. The van der Waals surface area contributed by atoms with E-state index in [2.05, 4.69) is 5.16 Å². The molecule has 7 heteroatoms. The van der Waals surface area contributed by atoms with Gasteiger partial charge in [-0.05, 0) is 42.0 Å². The van der Waals surface area contributed by atoms with Crippen LogP contribution in [0.4, 0.5) is 0 Å². The summed E-state index contributed by atoms with van der Waals surface area (Å²) < 4.78 is 10.3. The molecule has 2 aromatic carbocycles. The fraction of sp³-hybridized carbons (Fsp3) is 0.176. The van der Waals surface area contributed by atoms with Crippen LogP contribution in [0.1, 0.15) is 11.1 Å². The van der Waals surface area contributed by atoms with Gasteiger partial charge in [0, 0.05) is 10.6 Å². The molecule has 2 aromatic rings. The summed E-state index contributed by atoms with van der Waals surface area (Å²) in [7, 11) is 3.07. The highest BCUT2D eigenvalue weighted by molar-refractivity contribution is 6.30. The standard InChI is InChI=1S/C17H17ClN2O4/c1-22-14-8-3-11(9-15(14)23-2)10-16(21)24-20-17(19)12-4-6-13(18)7-5-12/h3-9H,10H2,1-2H3,(H2,19,20). The number of nitrogens with two attached hydrogens (primary N) is 1. The Morgan fingerprint density at radius 3 is 2.38 bits per heavy atom. The third-order valence-electron chi connectivity index (χ3n) is 3.18. The zero-order valence-corrected chi connectivity index (χ0v) is 14.0. The number of nitrogens with zero attached hydrogens (tertiary/aromatic N) is 1. The minimum atomic E-state index is -0.542. The number of benzene rings is 2. The molecule has 2 rings (SSSR count). The van der Waals surface area contributed by atoms with Gasteiger partial charge in [-0.1, -0.05) is 22.8 Å². The molecule has 0 bridgehead atoms.